The molecular weight excluding hydrogens is 708 g/mol. The van der Waals surface area contributed by atoms with Gasteiger partial charge in [-0.05, 0) is 30.2 Å². The summed E-state index contributed by atoms with van der Waals surface area (Å²) < 4.78 is 66.4. The first-order valence-corrected chi connectivity index (χ1v) is 16.9. The zero-order valence-electron chi connectivity index (χ0n) is 28.6. The van der Waals surface area contributed by atoms with Crippen LogP contribution in [0.1, 0.15) is 50.4 Å². The lowest BCUT2D eigenvalue weighted by Crippen LogP contribution is -2.28. The molecule has 2 saturated carbocycles. The van der Waals surface area contributed by atoms with Crippen LogP contribution in [-0.4, -0.2) is 114 Å². The van der Waals surface area contributed by atoms with Crippen molar-refractivity contribution in [3.8, 4) is 0 Å². The number of piperidine rings is 2. The molecular formula is C33H36F4N10O6. The number of pyridine rings is 2. The van der Waals surface area contributed by atoms with Gasteiger partial charge in [-0.1, -0.05) is 22.6 Å². The number of aliphatic hydroxyl groups excluding tert-OH is 1. The monoisotopic (exact) mass is 744 g/mol. The van der Waals surface area contributed by atoms with Crippen molar-refractivity contribution in [3.63, 3.8) is 0 Å². The lowest BCUT2D eigenvalue weighted by atomic mass is 10.2. The molecule has 2 aliphatic carbocycles. The molecule has 20 heteroatoms. The highest BCUT2D eigenvalue weighted by Gasteiger charge is 2.72. The number of fused-ring (bicyclic) bond motifs is 2. The van der Waals surface area contributed by atoms with Crippen LogP contribution >= 0.6 is 0 Å². The number of aromatic carboxylic acids is 1. The Balaban J connectivity index is 0.000000164. The molecule has 4 aromatic rings. The van der Waals surface area contributed by atoms with E-state index in [2.05, 4.69) is 30.6 Å². The van der Waals surface area contributed by atoms with Gasteiger partial charge >= 0.3 is 11.9 Å². The highest BCUT2D eigenvalue weighted by Crippen LogP contribution is 2.60. The van der Waals surface area contributed by atoms with Crippen LogP contribution < -0.4 is 9.80 Å². The van der Waals surface area contributed by atoms with Gasteiger partial charge in [0.2, 0.25) is 0 Å². The Hall–Kier alpha value is -5.24. The van der Waals surface area contributed by atoms with Crippen molar-refractivity contribution in [2.45, 2.75) is 45.1 Å². The molecule has 4 atom stereocenters. The molecule has 4 aliphatic rings. The van der Waals surface area contributed by atoms with Crippen molar-refractivity contribution in [1.82, 2.24) is 40.0 Å². The highest BCUT2D eigenvalue weighted by atomic mass is 19.3. The maximum absolute atomic E-state index is 13.4. The smallest absolute Gasteiger partial charge is 0.360 e. The van der Waals surface area contributed by atoms with E-state index in [-0.39, 0.29) is 57.4 Å². The summed E-state index contributed by atoms with van der Waals surface area (Å²) in [5, 5.41) is 33.6. The average molecular weight is 745 g/mol. The van der Waals surface area contributed by atoms with Gasteiger partial charge in [-0.15, -0.1) is 10.2 Å². The van der Waals surface area contributed by atoms with Gasteiger partial charge in [0.15, 0.2) is 11.4 Å². The van der Waals surface area contributed by atoms with Crippen molar-refractivity contribution in [3.05, 3.63) is 70.6 Å². The third-order valence-electron chi connectivity index (χ3n) is 10.0. The summed E-state index contributed by atoms with van der Waals surface area (Å²) in [6.07, 6.45) is 2.80. The predicted molar refractivity (Wildman–Crippen MR) is 175 cm³/mol. The quantitative estimate of drug-likeness (QED) is 0.159. The number of carboxylic acid groups (broad SMARTS) is 1. The predicted octanol–water partition coefficient (Wildman–Crippen LogP) is 2.36. The summed E-state index contributed by atoms with van der Waals surface area (Å²) in [5.74, 6) is -7.86. The van der Waals surface area contributed by atoms with E-state index in [0.29, 0.717) is 41.7 Å². The Kier molecular flexibility index (Phi) is 9.51. The minimum Gasteiger partial charge on any atom is -0.476 e. The van der Waals surface area contributed by atoms with Gasteiger partial charge in [0.05, 0.1) is 80.4 Å². The maximum atomic E-state index is 13.4. The molecule has 6 heterocycles. The van der Waals surface area contributed by atoms with Crippen LogP contribution in [0, 0.1) is 23.7 Å². The summed E-state index contributed by atoms with van der Waals surface area (Å²) in [6.45, 7) is 3.63. The third-order valence-corrected chi connectivity index (χ3v) is 10.0. The summed E-state index contributed by atoms with van der Waals surface area (Å²) in [7, 11) is 1.54. The number of hydrogen-bond donors (Lipinski definition) is 2. The number of ether oxygens (including phenoxy) is 2. The summed E-state index contributed by atoms with van der Waals surface area (Å²) in [5.41, 5.74) is 2.56. The zero-order valence-corrected chi connectivity index (χ0v) is 28.6. The average Bonchev–Trinajstić information content (AvgIpc) is 3.72. The number of anilines is 2. The number of aromatic nitrogens is 8. The van der Waals surface area contributed by atoms with E-state index in [1.165, 1.54) is 21.8 Å². The van der Waals surface area contributed by atoms with Crippen LogP contribution in [0.3, 0.4) is 0 Å². The van der Waals surface area contributed by atoms with Crippen molar-refractivity contribution < 1.29 is 46.8 Å². The number of carbonyl (C=O) groups excluding carboxylic acids is 1. The number of carbonyl (C=O) groups is 2. The molecule has 53 heavy (non-hydrogen) atoms. The zero-order chi connectivity index (χ0) is 37.7. The van der Waals surface area contributed by atoms with Crippen LogP contribution in [-0.2, 0) is 35.8 Å². The lowest BCUT2D eigenvalue weighted by molar-refractivity contribution is 0.0518. The number of hydrogen-bond acceptors (Lipinski definition) is 13. The normalized spacial score (nSPS) is 22.8. The molecule has 4 unspecified atom stereocenters. The number of esters is 1. The molecule has 16 nitrogen and oxygen atoms in total. The Labute approximate surface area is 299 Å². The van der Waals surface area contributed by atoms with Crippen LogP contribution in [0.4, 0.5) is 29.2 Å². The fourth-order valence-electron chi connectivity index (χ4n) is 6.96. The van der Waals surface area contributed by atoms with Gasteiger partial charge in [0, 0.05) is 33.3 Å². The van der Waals surface area contributed by atoms with Crippen molar-refractivity contribution in [2.75, 3.05) is 49.7 Å². The van der Waals surface area contributed by atoms with E-state index in [0.717, 1.165) is 5.56 Å². The summed E-state index contributed by atoms with van der Waals surface area (Å²) in [6, 6.07) is 7.15. The Morgan fingerprint density at radius 3 is 1.72 bits per heavy atom. The van der Waals surface area contributed by atoms with Gasteiger partial charge in [-0.25, -0.2) is 46.5 Å². The standard InChI is InChI=1S/C17H19F2N5O3.C16H17F2N5O3/c1-2-27-16(26)13-8-24(22-21-13)5-10-3-4-15(20-14(10)9-25)23-6-11-12(7-23)17(11,18)19;1-26-8-13-9(4-23-7-12(15(24)25)20-21-23)2-3-14(19-13)22-5-10-11(6-22)16(10,17)18/h3-4,8,11-12,25H,2,5-7,9H2,1H3;2-3,7,10-11H,4-6,8H2,1H3,(H,24,25). The molecule has 2 N–H and O–H groups in total. The summed E-state index contributed by atoms with van der Waals surface area (Å²) >= 11 is 0. The van der Waals surface area contributed by atoms with Gasteiger partial charge in [-0.2, -0.15) is 0 Å². The first-order valence-electron chi connectivity index (χ1n) is 16.9. The number of methoxy groups -OCH3 is 1. The lowest BCUT2D eigenvalue weighted by Gasteiger charge is -2.22. The van der Waals surface area contributed by atoms with E-state index < -0.39 is 47.5 Å². The molecule has 0 amide bonds. The minimum atomic E-state index is -2.54. The van der Waals surface area contributed by atoms with Gasteiger partial charge < -0.3 is 29.5 Å². The number of halogens is 4. The molecule has 0 spiro atoms. The van der Waals surface area contributed by atoms with Crippen LogP contribution in [0.5, 0.6) is 0 Å². The molecule has 282 valence electrons. The van der Waals surface area contributed by atoms with E-state index in [1.807, 2.05) is 15.9 Å². The van der Waals surface area contributed by atoms with Gasteiger partial charge in [0.25, 0.3) is 11.8 Å². The number of alkyl halides is 4. The van der Waals surface area contributed by atoms with E-state index >= 15 is 0 Å². The third kappa shape index (κ3) is 7.11. The summed E-state index contributed by atoms with van der Waals surface area (Å²) in [4.78, 5) is 35.2. The van der Waals surface area contributed by atoms with Crippen molar-refractivity contribution in [2.24, 2.45) is 23.7 Å². The Bertz CT molecular complexity index is 1980. The molecule has 0 bridgehead atoms. The molecule has 2 saturated heterocycles. The van der Waals surface area contributed by atoms with Gasteiger partial charge in [0.1, 0.15) is 11.6 Å². The Morgan fingerprint density at radius 2 is 1.26 bits per heavy atom. The molecule has 2 aliphatic heterocycles. The molecule has 0 radical (unpaired) electrons. The van der Waals surface area contributed by atoms with Gasteiger partial charge in [-0.3, -0.25) is 0 Å². The number of rotatable bonds is 12. The topological polar surface area (TPSA) is 187 Å². The molecule has 8 rings (SSSR count). The van der Waals surface area contributed by atoms with E-state index in [4.69, 9.17) is 14.6 Å². The van der Waals surface area contributed by atoms with E-state index in [1.54, 1.807) is 32.2 Å². The molecule has 0 aromatic carbocycles. The van der Waals surface area contributed by atoms with Crippen LogP contribution in [0.25, 0.3) is 0 Å². The molecule has 4 fully saturated rings. The second kappa shape index (κ2) is 14.0. The number of carboxylic acids is 1. The van der Waals surface area contributed by atoms with Crippen molar-refractivity contribution in [1.29, 1.82) is 0 Å². The second-order valence-electron chi connectivity index (χ2n) is 13.4. The van der Waals surface area contributed by atoms with Crippen molar-refractivity contribution >= 4 is 23.6 Å². The number of nitrogens with zero attached hydrogens (tertiary/aromatic N) is 10. The van der Waals surface area contributed by atoms with Crippen LogP contribution in [0.2, 0.25) is 0 Å². The van der Waals surface area contributed by atoms with Crippen LogP contribution in [0.15, 0.2) is 36.7 Å². The first kappa shape index (κ1) is 36.1. The SMILES string of the molecule is CCOC(=O)c1cn(Cc2ccc(N3CC4C(C3)C4(F)F)nc2CO)nn1.COCc1nc(N2CC3C(C2)C3(F)F)ccc1Cn1cc(C(=O)O)nn1. The Morgan fingerprint density at radius 1 is 0.792 bits per heavy atom. The highest BCUT2D eigenvalue weighted by molar-refractivity contribution is 5.86. The molecule has 4 aromatic heterocycles. The maximum Gasteiger partial charge on any atom is 0.360 e. The first-order chi connectivity index (χ1) is 25.3. The minimum absolute atomic E-state index is 0.101. The fourth-order valence-corrected chi connectivity index (χ4v) is 6.96. The largest absolute Gasteiger partial charge is 0.476 e. The number of aliphatic hydroxyl groups is 1. The van der Waals surface area contributed by atoms with E-state index in [9.17, 15) is 32.3 Å². The second-order valence-corrected chi connectivity index (χ2v) is 13.4. The fraction of sp³-hybridized carbons (Fsp3) is 0.515.